The summed E-state index contributed by atoms with van der Waals surface area (Å²) in [6.45, 7) is -0.356. The zero-order valence-electron chi connectivity index (χ0n) is 14.0. The van der Waals surface area contributed by atoms with E-state index in [2.05, 4.69) is 15.6 Å². The molecule has 0 aliphatic carbocycles. The van der Waals surface area contributed by atoms with Crippen LogP contribution >= 0.6 is 0 Å². The molecule has 2 rings (SSSR count). The van der Waals surface area contributed by atoms with Crippen molar-refractivity contribution in [2.24, 2.45) is 0 Å². The first kappa shape index (κ1) is 19.9. The average molecular weight is 384 g/mol. The molecule has 0 aliphatic rings. The van der Waals surface area contributed by atoms with Crippen molar-refractivity contribution in [3.8, 4) is 17.2 Å². The van der Waals surface area contributed by atoms with Gasteiger partial charge in [0.25, 0.3) is 11.8 Å². The SMILES string of the molecule is COc1ccc(OCC(=O)NNC(=O)c2ccc(OC(F)(F)F)cc2)cc1. The van der Waals surface area contributed by atoms with E-state index in [0.29, 0.717) is 11.5 Å². The number of benzene rings is 2. The van der Waals surface area contributed by atoms with E-state index in [1.807, 2.05) is 0 Å². The summed E-state index contributed by atoms with van der Waals surface area (Å²) < 4.78 is 50.1. The van der Waals surface area contributed by atoms with Crippen LogP contribution in [-0.4, -0.2) is 31.9 Å². The second-order valence-corrected chi connectivity index (χ2v) is 5.04. The lowest BCUT2D eigenvalue weighted by Gasteiger charge is -2.10. The fourth-order valence-electron chi connectivity index (χ4n) is 1.86. The standard InChI is InChI=1S/C17H15F3N2O5/c1-25-12-6-8-13(9-7-12)26-10-15(23)21-22-16(24)11-2-4-14(5-3-11)27-17(18,19)20/h2-9H,10H2,1H3,(H,21,23)(H,22,24). The number of rotatable bonds is 6. The van der Waals surface area contributed by atoms with E-state index in [1.54, 1.807) is 24.3 Å². The van der Waals surface area contributed by atoms with Gasteiger partial charge in [0.1, 0.15) is 17.2 Å². The minimum Gasteiger partial charge on any atom is -0.497 e. The zero-order chi connectivity index (χ0) is 19.9. The Hall–Kier alpha value is -3.43. The van der Waals surface area contributed by atoms with E-state index in [1.165, 1.54) is 7.11 Å². The predicted molar refractivity (Wildman–Crippen MR) is 87.2 cm³/mol. The van der Waals surface area contributed by atoms with Gasteiger partial charge >= 0.3 is 6.36 Å². The first-order chi connectivity index (χ1) is 12.8. The Kier molecular flexibility index (Phi) is 6.47. The highest BCUT2D eigenvalue weighted by Crippen LogP contribution is 2.22. The number of alkyl halides is 3. The first-order valence-electron chi connectivity index (χ1n) is 7.48. The number of hydrogen-bond acceptors (Lipinski definition) is 5. The third-order valence-corrected chi connectivity index (χ3v) is 3.09. The number of ether oxygens (including phenoxy) is 3. The summed E-state index contributed by atoms with van der Waals surface area (Å²) in [6.07, 6.45) is -4.82. The molecule has 7 nitrogen and oxygen atoms in total. The van der Waals surface area contributed by atoms with E-state index >= 15 is 0 Å². The molecule has 0 aliphatic heterocycles. The number of methoxy groups -OCH3 is 1. The highest BCUT2D eigenvalue weighted by Gasteiger charge is 2.31. The summed E-state index contributed by atoms with van der Waals surface area (Å²) in [6, 6.07) is 10.7. The van der Waals surface area contributed by atoms with Crippen LogP contribution in [0.25, 0.3) is 0 Å². The van der Waals surface area contributed by atoms with Gasteiger partial charge in [0.15, 0.2) is 6.61 Å². The van der Waals surface area contributed by atoms with Gasteiger partial charge in [-0.05, 0) is 48.5 Å². The predicted octanol–water partition coefficient (Wildman–Crippen LogP) is 2.43. The molecule has 0 saturated heterocycles. The molecule has 0 radical (unpaired) electrons. The minimum atomic E-state index is -4.82. The molecule has 0 unspecified atom stereocenters. The van der Waals surface area contributed by atoms with Gasteiger partial charge < -0.3 is 14.2 Å². The smallest absolute Gasteiger partial charge is 0.497 e. The van der Waals surface area contributed by atoms with Gasteiger partial charge in [0.2, 0.25) is 0 Å². The fraction of sp³-hybridized carbons (Fsp3) is 0.176. The lowest BCUT2D eigenvalue weighted by molar-refractivity contribution is -0.274. The van der Waals surface area contributed by atoms with Gasteiger partial charge in [-0.25, -0.2) is 0 Å². The molecule has 2 amide bonds. The molecular weight excluding hydrogens is 369 g/mol. The summed E-state index contributed by atoms with van der Waals surface area (Å²) >= 11 is 0. The Morgan fingerprint density at radius 1 is 0.889 bits per heavy atom. The summed E-state index contributed by atoms with van der Waals surface area (Å²) in [5, 5.41) is 0. The van der Waals surface area contributed by atoms with Crippen molar-refractivity contribution in [2.45, 2.75) is 6.36 Å². The summed E-state index contributed by atoms with van der Waals surface area (Å²) in [4.78, 5) is 23.5. The van der Waals surface area contributed by atoms with E-state index in [4.69, 9.17) is 9.47 Å². The van der Waals surface area contributed by atoms with Crippen LogP contribution < -0.4 is 25.1 Å². The van der Waals surface area contributed by atoms with Gasteiger partial charge in [0.05, 0.1) is 7.11 Å². The van der Waals surface area contributed by atoms with Crippen molar-refractivity contribution >= 4 is 11.8 Å². The molecule has 0 fully saturated rings. The molecule has 2 aromatic carbocycles. The van der Waals surface area contributed by atoms with E-state index in [-0.39, 0.29) is 12.2 Å². The van der Waals surface area contributed by atoms with Gasteiger partial charge in [-0.2, -0.15) is 0 Å². The third-order valence-electron chi connectivity index (χ3n) is 3.09. The topological polar surface area (TPSA) is 85.9 Å². The summed E-state index contributed by atoms with van der Waals surface area (Å²) in [5.41, 5.74) is 4.28. The second-order valence-electron chi connectivity index (χ2n) is 5.04. The van der Waals surface area contributed by atoms with Crippen LogP contribution in [0, 0.1) is 0 Å². The van der Waals surface area contributed by atoms with Crippen molar-refractivity contribution in [3.05, 3.63) is 54.1 Å². The first-order valence-corrected chi connectivity index (χ1v) is 7.48. The minimum absolute atomic E-state index is 0.0286. The van der Waals surface area contributed by atoms with Crippen molar-refractivity contribution < 1.29 is 37.0 Å². The van der Waals surface area contributed by atoms with Crippen molar-refractivity contribution in [3.63, 3.8) is 0 Å². The molecule has 0 spiro atoms. The third kappa shape index (κ3) is 6.77. The maximum atomic E-state index is 12.1. The van der Waals surface area contributed by atoms with Crippen molar-refractivity contribution in [1.82, 2.24) is 10.9 Å². The number of amides is 2. The average Bonchev–Trinajstić information content (AvgIpc) is 2.64. The Morgan fingerprint density at radius 3 is 2.00 bits per heavy atom. The highest BCUT2D eigenvalue weighted by molar-refractivity contribution is 5.95. The molecule has 2 N–H and O–H groups in total. The van der Waals surface area contributed by atoms with Crippen LogP contribution in [0.2, 0.25) is 0 Å². The molecule has 27 heavy (non-hydrogen) atoms. The van der Waals surface area contributed by atoms with Crippen LogP contribution in [0.3, 0.4) is 0 Å². The molecule has 0 atom stereocenters. The number of carbonyl (C=O) groups is 2. The molecule has 2 aromatic rings. The molecule has 0 heterocycles. The van der Waals surface area contributed by atoms with Crippen molar-refractivity contribution in [2.75, 3.05) is 13.7 Å². The highest BCUT2D eigenvalue weighted by atomic mass is 19.4. The van der Waals surface area contributed by atoms with Gasteiger partial charge in [0, 0.05) is 5.56 Å². The Balaban J connectivity index is 1.77. The number of carbonyl (C=O) groups excluding carboxylic acids is 2. The molecule has 10 heteroatoms. The molecule has 0 saturated carbocycles. The van der Waals surface area contributed by atoms with Gasteiger partial charge in [-0.1, -0.05) is 0 Å². The summed E-state index contributed by atoms with van der Waals surface area (Å²) in [5.74, 6) is -0.748. The van der Waals surface area contributed by atoms with Crippen LogP contribution in [-0.2, 0) is 4.79 Å². The van der Waals surface area contributed by atoms with Gasteiger partial charge in [-0.15, -0.1) is 13.2 Å². The number of hydrazine groups is 1. The Labute approximate surface area is 152 Å². The largest absolute Gasteiger partial charge is 0.573 e. The van der Waals surface area contributed by atoms with E-state index < -0.39 is 23.9 Å². The number of hydrogen-bond donors (Lipinski definition) is 2. The maximum absolute atomic E-state index is 12.1. The summed E-state index contributed by atoms with van der Waals surface area (Å²) in [7, 11) is 1.52. The molecule has 0 aromatic heterocycles. The normalized spacial score (nSPS) is 10.7. The quantitative estimate of drug-likeness (QED) is 0.748. The lowest BCUT2D eigenvalue weighted by Crippen LogP contribution is -2.43. The van der Waals surface area contributed by atoms with Crippen molar-refractivity contribution in [1.29, 1.82) is 0 Å². The maximum Gasteiger partial charge on any atom is 0.573 e. The van der Waals surface area contributed by atoms with E-state index in [9.17, 15) is 22.8 Å². The van der Waals surface area contributed by atoms with Gasteiger partial charge in [-0.3, -0.25) is 20.4 Å². The molecular formula is C17H15F3N2O5. The molecule has 144 valence electrons. The Bertz CT molecular complexity index is 777. The van der Waals surface area contributed by atoms with Crippen LogP contribution in [0.5, 0.6) is 17.2 Å². The number of nitrogens with one attached hydrogen (secondary N) is 2. The molecule has 0 bridgehead atoms. The monoisotopic (exact) mass is 384 g/mol. The number of halogens is 3. The Morgan fingerprint density at radius 2 is 1.44 bits per heavy atom. The van der Waals surface area contributed by atoms with Crippen LogP contribution in [0.15, 0.2) is 48.5 Å². The second kappa shape index (κ2) is 8.79. The fourth-order valence-corrected chi connectivity index (χ4v) is 1.86. The van der Waals surface area contributed by atoms with Crippen LogP contribution in [0.4, 0.5) is 13.2 Å². The zero-order valence-corrected chi connectivity index (χ0v) is 14.0. The van der Waals surface area contributed by atoms with E-state index in [0.717, 1.165) is 24.3 Å². The van der Waals surface area contributed by atoms with Crippen LogP contribution in [0.1, 0.15) is 10.4 Å². The lowest BCUT2D eigenvalue weighted by atomic mass is 10.2.